The van der Waals surface area contributed by atoms with Crippen LogP contribution in [0.15, 0.2) is 84.0 Å². The number of aliphatic carboxylic acids is 3. The van der Waals surface area contributed by atoms with Gasteiger partial charge in [-0.1, -0.05) is 66.1 Å². The largest absolute Gasteiger partial charge is 0.508 e. The summed E-state index contributed by atoms with van der Waals surface area (Å²) in [6.07, 6.45) is 1.87. The number of nitrogens with two attached hydrogens (primary N) is 1. The van der Waals surface area contributed by atoms with Crippen LogP contribution in [0.1, 0.15) is 123 Å². The highest BCUT2D eigenvalue weighted by Crippen LogP contribution is 2.16. The molecule has 0 saturated carbocycles. The summed E-state index contributed by atoms with van der Waals surface area (Å²) in [5.41, 5.74) is 16.2. The van der Waals surface area contributed by atoms with E-state index in [2.05, 4.69) is 47.2 Å². The lowest BCUT2D eigenvalue weighted by Gasteiger charge is -2.26. The third kappa shape index (κ3) is 29.0. The number of hydrogen-bond acceptors (Lipinski definition) is 14. The molecule has 28 nitrogen and oxygen atoms in total. The zero-order chi connectivity index (χ0) is 62.5. The number of nitrogens with one attached hydrogen (secondary N) is 7. The summed E-state index contributed by atoms with van der Waals surface area (Å²) in [5.74, 6) is -8.64. The van der Waals surface area contributed by atoms with Gasteiger partial charge in [-0.3, -0.25) is 33.6 Å². The third-order valence-electron chi connectivity index (χ3n) is 13.2. The monoisotopic (exact) mass is 1190 g/mol. The number of unbranched alkanes of at least 4 members (excludes halogenated alkanes) is 4. The van der Waals surface area contributed by atoms with Gasteiger partial charge >= 0.3 is 29.9 Å². The highest BCUT2D eigenvalue weighted by atomic mass is 16.4. The fraction of sp³-hybridized carbons (Fsp3) is 0.491. The van der Waals surface area contributed by atoms with Crippen molar-refractivity contribution in [3.63, 3.8) is 0 Å². The molecule has 0 fully saturated rings. The van der Waals surface area contributed by atoms with E-state index in [1.807, 2.05) is 0 Å². The van der Waals surface area contributed by atoms with Crippen LogP contribution in [0.5, 0.6) is 5.75 Å². The number of nitrogens with zero attached hydrogens (tertiary/aromatic N) is 4. The van der Waals surface area contributed by atoms with Crippen molar-refractivity contribution in [2.75, 3.05) is 32.7 Å². The number of urea groups is 1. The molecule has 14 N–H and O–H groups in total. The SMILES string of the molecule is [N-]=[N+]=NCCCNC(=O)[C@H](CCCCN)NC(=O)[C@H](Cc1ccc(O)cc1)NC(=O)[C@H](Cc1ccccc1)NC(=O)CCC(=O)NCCCCCC(=O)N(CCCC[C@H](NC(=O)N[C@@H](CCC(=O)O)C(=O)O)C(=O)O)Cc1ccc(C(=O)O)cc1. The highest BCUT2D eigenvalue weighted by Gasteiger charge is 2.31. The summed E-state index contributed by atoms with van der Waals surface area (Å²) >= 11 is 0. The Balaban J connectivity index is 1.59. The Morgan fingerprint density at radius 1 is 0.529 bits per heavy atom. The molecule has 8 amide bonds. The lowest BCUT2D eigenvalue weighted by atomic mass is 10.0. The van der Waals surface area contributed by atoms with Crippen LogP contribution in [0.2, 0.25) is 0 Å². The molecule has 3 aromatic carbocycles. The Morgan fingerprint density at radius 2 is 1.09 bits per heavy atom. The normalized spacial score (nSPS) is 12.5. The van der Waals surface area contributed by atoms with Crippen LogP contribution < -0.4 is 43.0 Å². The summed E-state index contributed by atoms with van der Waals surface area (Å²) in [4.78, 5) is 144. The van der Waals surface area contributed by atoms with E-state index in [1.54, 1.807) is 54.6 Å². The summed E-state index contributed by atoms with van der Waals surface area (Å²) in [6, 6.07) is 13.0. The lowest BCUT2D eigenvalue weighted by molar-refractivity contribution is -0.141. The molecule has 0 unspecified atom stereocenters. The van der Waals surface area contributed by atoms with Gasteiger partial charge < -0.3 is 73.4 Å². The van der Waals surface area contributed by atoms with E-state index in [0.29, 0.717) is 61.8 Å². The zero-order valence-electron chi connectivity index (χ0n) is 47.2. The van der Waals surface area contributed by atoms with E-state index in [-0.39, 0.29) is 108 Å². The molecule has 0 saturated heterocycles. The number of aromatic hydroxyl groups is 1. The van der Waals surface area contributed by atoms with E-state index < -0.39 is 102 Å². The van der Waals surface area contributed by atoms with Crippen molar-refractivity contribution in [3.8, 4) is 5.75 Å². The Labute approximate surface area is 491 Å². The molecule has 462 valence electrons. The molecule has 3 rings (SSSR count). The molecule has 28 heteroatoms. The van der Waals surface area contributed by atoms with Gasteiger partial charge in [0.15, 0.2) is 0 Å². The second-order valence-electron chi connectivity index (χ2n) is 20.0. The van der Waals surface area contributed by atoms with Crippen LogP contribution in [0.3, 0.4) is 0 Å². The number of carboxylic acids is 4. The molecule has 0 aromatic heterocycles. The van der Waals surface area contributed by atoms with E-state index in [9.17, 15) is 73.2 Å². The number of phenolic OH excluding ortho intramolecular Hbond substituents is 1. The molecule has 3 aromatic rings. The van der Waals surface area contributed by atoms with E-state index in [4.69, 9.17) is 16.4 Å². The number of carbonyl (C=O) groups is 11. The predicted molar refractivity (Wildman–Crippen MR) is 307 cm³/mol. The minimum atomic E-state index is -1.58. The zero-order valence-corrected chi connectivity index (χ0v) is 47.2. The van der Waals surface area contributed by atoms with Gasteiger partial charge in [0.1, 0.15) is 36.0 Å². The Kier molecular flexibility index (Phi) is 32.3. The molecule has 0 bridgehead atoms. The summed E-state index contributed by atoms with van der Waals surface area (Å²) < 4.78 is 0. The first-order valence-corrected chi connectivity index (χ1v) is 28.0. The van der Waals surface area contributed by atoms with Gasteiger partial charge in [-0.2, -0.15) is 0 Å². The molecule has 0 aliphatic heterocycles. The number of benzene rings is 3. The standard InChI is InChI=1S/C57H78N12O16/c58-29-8-6-14-42(51(76)61-31-11-32-62-68-59)64-53(78)46(35-38-19-23-41(70)24-20-38)65-52(77)45(34-37-12-3-1-4-13-37)63-48(72)27-26-47(71)60-30-9-2-5-16-49(73)69(36-39-17-21-40(22-18-39)54(79)80)33-10-7-15-43(55(81)82)66-57(85)67-44(56(83)84)25-28-50(74)75/h1,3-4,12-13,17-24,42-46,70H,2,5-11,14-16,25-36,58H2,(H,60,71)(H,61,76)(H,63,72)(H,64,78)(H,65,77)(H,74,75)(H,79,80)(H,81,82)(H,83,84)(H2,66,67,85)/t42-,43-,44-,45-,46-/m0/s1. The van der Waals surface area contributed by atoms with Crippen LogP contribution in [0.25, 0.3) is 10.4 Å². The number of rotatable bonds is 42. The molecule has 5 atom stereocenters. The van der Waals surface area contributed by atoms with Crippen molar-refractivity contribution in [3.05, 3.63) is 112 Å². The van der Waals surface area contributed by atoms with Gasteiger partial charge in [0.25, 0.3) is 0 Å². The minimum absolute atomic E-state index is 0.00446. The van der Waals surface area contributed by atoms with Crippen molar-refractivity contribution in [1.82, 2.24) is 42.1 Å². The molecular weight excluding hydrogens is 1110 g/mol. The van der Waals surface area contributed by atoms with Crippen molar-refractivity contribution < 1.29 is 78.3 Å². The lowest BCUT2D eigenvalue weighted by Crippen LogP contribution is -2.57. The first-order valence-electron chi connectivity index (χ1n) is 28.0. The van der Waals surface area contributed by atoms with Crippen molar-refractivity contribution in [2.45, 2.75) is 146 Å². The summed E-state index contributed by atoms with van der Waals surface area (Å²) in [7, 11) is 0. The fourth-order valence-corrected chi connectivity index (χ4v) is 8.57. The Bertz CT molecular complexity index is 2730. The van der Waals surface area contributed by atoms with Crippen LogP contribution in [-0.2, 0) is 62.5 Å². The molecule has 0 heterocycles. The van der Waals surface area contributed by atoms with Gasteiger partial charge in [-0.25, -0.2) is 19.2 Å². The maximum absolute atomic E-state index is 14.2. The molecule has 0 radical (unpaired) electrons. The van der Waals surface area contributed by atoms with E-state index in [0.717, 1.165) is 0 Å². The van der Waals surface area contributed by atoms with Gasteiger partial charge in [0.2, 0.25) is 35.4 Å². The van der Waals surface area contributed by atoms with Gasteiger partial charge in [0, 0.05) is 76.2 Å². The smallest absolute Gasteiger partial charge is 0.335 e. The average Bonchev–Trinajstić information content (AvgIpc) is 3.67. The molecule has 0 aliphatic carbocycles. The van der Waals surface area contributed by atoms with Crippen molar-refractivity contribution in [1.29, 1.82) is 0 Å². The topological polar surface area (TPSA) is 451 Å². The quantitative estimate of drug-likeness (QED) is 0.0168. The summed E-state index contributed by atoms with van der Waals surface area (Å²) in [5, 5.41) is 68.7. The van der Waals surface area contributed by atoms with Crippen LogP contribution in [0, 0.1) is 0 Å². The van der Waals surface area contributed by atoms with Crippen LogP contribution in [0.4, 0.5) is 4.79 Å². The first-order chi connectivity index (χ1) is 40.7. The highest BCUT2D eigenvalue weighted by molar-refractivity contribution is 5.95. The number of carbonyl (C=O) groups excluding carboxylic acids is 7. The van der Waals surface area contributed by atoms with Crippen molar-refractivity contribution in [2.24, 2.45) is 10.8 Å². The van der Waals surface area contributed by atoms with Gasteiger partial charge in [-0.15, -0.1) is 0 Å². The predicted octanol–water partition coefficient (Wildman–Crippen LogP) is 3.00. The molecule has 0 aliphatic rings. The second kappa shape index (κ2) is 39.2. The van der Waals surface area contributed by atoms with Gasteiger partial charge in [-0.05, 0) is 117 Å². The number of aromatic carboxylic acids is 1. The van der Waals surface area contributed by atoms with Crippen LogP contribution in [-0.4, -0.2) is 159 Å². The maximum Gasteiger partial charge on any atom is 0.335 e. The molecular formula is C57H78N12O16. The van der Waals surface area contributed by atoms with Crippen LogP contribution >= 0.6 is 0 Å². The molecule has 0 spiro atoms. The number of amides is 8. The maximum atomic E-state index is 14.2. The minimum Gasteiger partial charge on any atom is -0.508 e. The first kappa shape index (κ1) is 70.0. The number of phenols is 1. The van der Waals surface area contributed by atoms with Gasteiger partial charge in [0.05, 0.1) is 5.56 Å². The summed E-state index contributed by atoms with van der Waals surface area (Å²) in [6.45, 7) is 1.13. The average molecular weight is 1190 g/mol. The third-order valence-corrected chi connectivity index (χ3v) is 13.2. The second-order valence-corrected chi connectivity index (χ2v) is 20.0. The number of azide groups is 1. The van der Waals surface area contributed by atoms with Crippen molar-refractivity contribution >= 4 is 65.4 Å². The molecule has 85 heavy (non-hydrogen) atoms. The number of carboxylic acid groups (broad SMARTS) is 4. The Hall–Kier alpha value is -9.30. The van der Waals surface area contributed by atoms with E-state index in [1.165, 1.54) is 29.2 Å². The fourth-order valence-electron chi connectivity index (χ4n) is 8.57. The Morgan fingerprint density at radius 3 is 1.71 bits per heavy atom. The van der Waals surface area contributed by atoms with E-state index >= 15 is 0 Å². The number of hydrogen-bond donors (Lipinski definition) is 13.